The Morgan fingerprint density at radius 2 is 1.90 bits per heavy atom. The van der Waals surface area contributed by atoms with E-state index in [1.807, 2.05) is 33.8 Å². The third-order valence-electron chi connectivity index (χ3n) is 5.84. The highest BCUT2D eigenvalue weighted by Gasteiger charge is 2.37. The van der Waals surface area contributed by atoms with E-state index < -0.39 is 13.9 Å². The Kier molecular flexibility index (Phi) is 7.19. The lowest BCUT2D eigenvalue weighted by atomic mass is 9.91. The molecule has 168 valence electrons. The summed E-state index contributed by atoms with van der Waals surface area (Å²) >= 11 is 0. The van der Waals surface area contributed by atoms with Crippen LogP contribution in [0, 0.1) is 11.7 Å². The van der Waals surface area contributed by atoms with E-state index in [1.165, 1.54) is 6.07 Å². The van der Waals surface area contributed by atoms with Gasteiger partial charge in [-0.2, -0.15) is 0 Å². The summed E-state index contributed by atoms with van der Waals surface area (Å²) in [4.78, 5) is 18.3. The molecule has 1 amide bonds. The molecule has 1 aromatic rings. The lowest BCUT2D eigenvalue weighted by Gasteiger charge is -2.36. The normalized spacial score (nSPS) is 18.3. The average molecular weight is 437 g/mol. The van der Waals surface area contributed by atoms with Crippen molar-refractivity contribution >= 4 is 20.0 Å². The Morgan fingerprint density at radius 1 is 1.27 bits per heavy atom. The summed E-state index contributed by atoms with van der Waals surface area (Å²) in [5.74, 6) is -0.296. The number of hydrogen-bond acceptors (Lipinski definition) is 4. The lowest BCUT2D eigenvalue weighted by Crippen LogP contribution is -2.41. The largest absolute Gasteiger partial charge is 0.444 e. The lowest BCUT2D eigenvalue weighted by molar-refractivity contribution is 0.0251. The minimum absolute atomic E-state index is 0.0572. The summed E-state index contributed by atoms with van der Waals surface area (Å²) in [6, 6.07) is 1.53. The van der Waals surface area contributed by atoms with Crippen LogP contribution in [0.2, 0.25) is 18.1 Å². The van der Waals surface area contributed by atoms with Crippen molar-refractivity contribution in [2.75, 3.05) is 13.1 Å². The molecule has 2 rings (SSSR count). The number of aromatic nitrogens is 1. The number of halogens is 1. The highest BCUT2D eigenvalue weighted by atomic mass is 28.4. The predicted octanol–water partition coefficient (Wildman–Crippen LogP) is 6.01. The van der Waals surface area contributed by atoms with Gasteiger partial charge < -0.3 is 14.1 Å². The molecule has 0 aromatic carbocycles. The minimum atomic E-state index is -1.97. The quantitative estimate of drug-likeness (QED) is 0.542. The predicted molar refractivity (Wildman–Crippen MR) is 121 cm³/mol. The SMILES string of the molecule is CC1CN(C(=O)OC(C)(C)C)CC=C1c1cnc(CO[Si](C)(C)C(C)(C)C)c(F)c1. The van der Waals surface area contributed by atoms with Crippen LogP contribution in [-0.2, 0) is 15.8 Å². The minimum Gasteiger partial charge on any atom is -0.444 e. The van der Waals surface area contributed by atoms with Gasteiger partial charge in [0.1, 0.15) is 17.1 Å². The van der Waals surface area contributed by atoms with E-state index in [0.29, 0.717) is 18.8 Å². The zero-order valence-electron chi connectivity index (χ0n) is 19.9. The number of hydrogen-bond donors (Lipinski definition) is 0. The molecule has 1 unspecified atom stereocenters. The van der Waals surface area contributed by atoms with Crippen molar-refractivity contribution in [3.8, 4) is 0 Å². The van der Waals surface area contributed by atoms with E-state index in [9.17, 15) is 9.18 Å². The number of carbonyl (C=O) groups excluding carboxylic acids is 1. The number of nitrogens with zero attached hydrogens (tertiary/aromatic N) is 2. The van der Waals surface area contributed by atoms with Gasteiger partial charge in [-0.1, -0.05) is 33.8 Å². The van der Waals surface area contributed by atoms with Crippen molar-refractivity contribution in [3.63, 3.8) is 0 Å². The van der Waals surface area contributed by atoms with Gasteiger partial charge in [-0.25, -0.2) is 9.18 Å². The van der Waals surface area contributed by atoms with Crippen LogP contribution >= 0.6 is 0 Å². The Hall–Kier alpha value is -1.73. The number of amides is 1. The summed E-state index contributed by atoms with van der Waals surface area (Å²) in [5.41, 5.74) is 1.56. The molecule has 0 radical (unpaired) electrons. The highest BCUT2D eigenvalue weighted by molar-refractivity contribution is 6.74. The van der Waals surface area contributed by atoms with Gasteiger partial charge in [-0.05, 0) is 62.0 Å². The average Bonchev–Trinajstić information content (AvgIpc) is 2.58. The zero-order chi connectivity index (χ0) is 22.9. The molecule has 1 aliphatic heterocycles. The fraction of sp³-hybridized carbons (Fsp3) is 0.652. The molecule has 0 saturated heterocycles. The van der Waals surface area contributed by atoms with Crippen molar-refractivity contribution in [1.29, 1.82) is 0 Å². The summed E-state index contributed by atoms with van der Waals surface area (Å²) in [7, 11) is -1.97. The summed E-state index contributed by atoms with van der Waals surface area (Å²) < 4.78 is 26.3. The first kappa shape index (κ1) is 24.5. The van der Waals surface area contributed by atoms with Crippen LogP contribution in [0.3, 0.4) is 0 Å². The maximum atomic E-state index is 14.8. The van der Waals surface area contributed by atoms with Gasteiger partial charge in [0.05, 0.1) is 6.61 Å². The standard InChI is InChI=1S/C23H37FN2O3Si/c1-16-14-26(21(27)29-22(2,3)4)11-10-18(16)17-12-19(24)20(25-13-17)15-28-30(8,9)23(5,6)7/h10,12-13,16H,11,14-15H2,1-9H3. The molecular formula is C23H37FN2O3Si. The second kappa shape index (κ2) is 8.79. The molecule has 0 saturated carbocycles. The Labute approximate surface area is 181 Å². The van der Waals surface area contributed by atoms with Gasteiger partial charge in [0.25, 0.3) is 0 Å². The van der Waals surface area contributed by atoms with Crippen molar-refractivity contribution < 1.29 is 18.3 Å². The topological polar surface area (TPSA) is 51.7 Å². The fourth-order valence-electron chi connectivity index (χ4n) is 2.99. The third-order valence-corrected chi connectivity index (χ3v) is 10.3. The molecule has 1 atom stereocenters. The Morgan fingerprint density at radius 3 is 2.40 bits per heavy atom. The van der Waals surface area contributed by atoms with Crippen LogP contribution in [0.1, 0.15) is 59.7 Å². The molecule has 1 aliphatic rings. The van der Waals surface area contributed by atoms with Crippen LogP contribution in [-0.4, -0.2) is 43.0 Å². The second-order valence-electron chi connectivity index (χ2n) is 10.6. The second-order valence-corrected chi connectivity index (χ2v) is 15.5. The van der Waals surface area contributed by atoms with Crippen molar-refractivity contribution in [2.45, 2.75) is 78.8 Å². The van der Waals surface area contributed by atoms with E-state index in [1.54, 1.807) is 11.1 Å². The highest BCUT2D eigenvalue weighted by Crippen LogP contribution is 2.37. The smallest absolute Gasteiger partial charge is 0.410 e. The van der Waals surface area contributed by atoms with E-state index in [2.05, 4.69) is 38.8 Å². The van der Waals surface area contributed by atoms with Gasteiger partial charge in [0.2, 0.25) is 0 Å². The first-order chi connectivity index (χ1) is 13.6. The van der Waals surface area contributed by atoms with Gasteiger partial charge in [-0.15, -0.1) is 0 Å². The summed E-state index contributed by atoms with van der Waals surface area (Å²) in [6.07, 6.45) is 3.34. The van der Waals surface area contributed by atoms with E-state index in [4.69, 9.17) is 9.16 Å². The number of ether oxygens (including phenoxy) is 1. The van der Waals surface area contributed by atoms with E-state index in [-0.39, 0.29) is 29.5 Å². The Balaban J connectivity index is 2.10. The molecule has 0 aliphatic carbocycles. The van der Waals surface area contributed by atoms with Crippen LogP contribution < -0.4 is 0 Å². The van der Waals surface area contributed by atoms with Gasteiger partial charge in [-0.3, -0.25) is 4.98 Å². The van der Waals surface area contributed by atoms with Crippen molar-refractivity contribution in [2.24, 2.45) is 5.92 Å². The summed E-state index contributed by atoms with van der Waals surface area (Å²) in [6.45, 7) is 19.5. The van der Waals surface area contributed by atoms with E-state index >= 15 is 0 Å². The molecule has 2 heterocycles. The van der Waals surface area contributed by atoms with Crippen LogP contribution in [0.25, 0.3) is 5.57 Å². The monoisotopic (exact) mass is 436 g/mol. The van der Waals surface area contributed by atoms with Gasteiger partial charge in [0, 0.05) is 19.3 Å². The molecule has 30 heavy (non-hydrogen) atoms. The van der Waals surface area contributed by atoms with Gasteiger partial charge in [0.15, 0.2) is 8.32 Å². The van der Waals surface area contributed by atoms with E-state index in [0.717, 1.165) is 11.1 Å². The first-order valence-corrected chi connectivity index (χ1v) is 13.5. The van der Waals surface area contributed by atoms with Crippen molar-refractivity contribution in [3.05, 3.63) is 35.4 Å². The molecular weight excluding hydrogens is 399 g/mol. The van der Waals surface area contributed by atoms with Crippen LogP contribution in [0.15, 0.2) is 18.3 Å². The first-order valence-electron chi connectivity index (χ1n) is 10.6. The Bertz CT molecular complexity index is 810. The summed E-state index contributed by atoms with van der Waals surface area (Å²) in [5, 5.41) is 0.0613. The zero-order valence-corrected chi connectivity index (χ0v) is 20.9. The fourth-order valence-corrected chi connectivity index (χ4v) is 3.92. The van der Waals surface area contributed by atoms with Crippen LogP contribution in [0.4, 0.5) is 9.18 Å². The molecule has 7 heteroatoms. The molecule has 1 aromatic heterocycles. The molecule has 0 spiro atoms. The molecule has 0 bridgehead atoms. The van der Waals surface area contributed by atoms with Crippen LogP contribution in [0.5, 0.6) is 0 Å². The number of carbonyl (C=O) groups is 1. The van der Waals surface area contributed by atoms with Gasteiger partial charge >= 0.3 is 6.09 Å². The molecule has 0 fully saturated rings. The van der Waals surface area contributed by atoms with Crippen molar-refractivity contribution in [1.82, 2.24) is 9.88 Å². The molecule has 0 N–H and O–H groups in total. The third kappa shape index (κ3) is 6.14. The number of rotatable bonds is 4. The number of pyridine rings is 1. The maximum absolute atomic E-state index is 14.8. The maximum Gasteiger partial charge on any atom is 0.410 e. The molecule has 5 nitrogen and oxygen atoms in total.